The third-order valence-electron chi connectivity index (χ3n) is 5.68. The van der Waals surface area contributed by atoms with Gasteiger partial charge in [-0.25, -0.2) is 9.78 Å². The molecule has 0 bridgehead atoms. The fourth-order valence-corrected chi connectivity index (χ4v) is 4.07. The van der Waals surface area contributed by atoms with Crippen molar-refractivity contribution in [2.75, 3.05) is 46.4 Å². The van der Waals surface area contributed by atoms with Crippen LogP contribution < -0.4 is 0 Å². The molecule has 0 aliphatic carbocycles. The zero-order valence-corrected chi connectivity index (χ0v) is 17.4. The molecule has 31 heavy (non-hydrogen) atoms. The number of carbonyl (C=O) groups excluding carboxylic acids is 1. The van der Waals surface area contributed by atoms with E-state index in [0.29, 0.717) is 5.69 Å². The van der Waals surface area contributed by atoms with Gasteiger partial charge in [-0.2, -0.15) is 13.2 Å². The van der Waals surface area contributed by atoms with Gasteiger partial charge in [0.1, 0.15) is 11.3 Å². The van der Waals surface area contributed by atoms with Crippen LogP contribution in [0.1, 0.15) is 22.6 Å². The fourth-order valence-electron chi connectivity index (χ4n) is 4.07. The number of hydrogen-bond acceptors (Lipinski definition) is 5. The van der Waals surface area contributed by atoms with Gasteiger partial charge in [0.25, 0.3) is 5.91 Å². The van der Waals surface area contributed by atoms with Crippen LogP contribution in [-0.4, -0.2) is 88.8 Å². The SMILES string of the molecule is COCCN1CCC2(C1)CN(C(=O)c1nc3ccccn3c1C)C2.O=C(O)C(F)(F)F. The molecule has 4 heterocycles. The monoisotopic (exact) mass is 442 g/mol. The lowest BCUT2D eigenvalue weighted by Crippen LogP contribution is -2.59. The molecule has 2 aromatic rings. The molecule has 2 saturated heterocycles. The topological polar surface area (TPSA) is 87.4 Å². The first-order valence-electron chi connectivity index (χ1n) is 9.81. The number of hydrogen-bond donors (Lipinski definition) is 1. The molecular weight excluding hydrogens is 417 g/mol. The summed E-state index contributed by atoms with van der Waals surface area (Å²) in [5.74, 6) is -2.69. The summed E-state index contributed by atoms with van der Waals surface area (Å²) in [5, 5.41) is 7.12. The molecule has 170 valence electrons. The number of nitrogens with zero attached hydrogens (tertiary/aromatic N) is 4. The molecule has 0 radical (unpaired) electrons. The van der Waals surface area contributed by atoms with Crippen molar-refractivity contribution in [1.29, 1.82) is 0 Å². The number of aromatic nitrogens is 2. The Morgan fingerprint density at radius 2 is 1.94 bits per heavy atom. The molecule has 2 aromatic heterocycles. The molecule has 0 unspecified atom stereocenters. The van der Waals surface area contributed by atoms with Crippen molar-refractivity contribution >= 4 is 17.5 Å². The van der Waals surface area contributed by atoms with E-state index in [0.717, 1.165) is 50.7 Å². The Morgan fingerprint density at radius 3 is 2.52 bits per heavy atom. The standard InChI is InChI=1S/C18H24N4O2.C2HF3O2/c1-14-16(19-15-5-3-4-7-22(14)15)17(23)21-12-18(13-21)6-8-20(11-18)9-10-24-2;3-2(4,5)1(6)7/h3-5,7H,6,8-13H2,1-2H3;(H,6,7). The summed E-state index contributed by atoms with van der Waals surface area (Å²) >= 11 is 0. The molecule has 0 aromatic carbocycles. The van der Waals surface area contributed by atoms with Crippen LogP contribution in [0.4, 0.5) is 13.2 Å². The minimum absolute atomic E-state index is 0.0668. The van der Waals surface area contributed by atoms with Crippen LogP contribution in [0.3, 0.4) is 0 Å². The number of halogens is 3. The molecule has 1 amide bonds. The number of alkyl halides is 3. The van der Waals surface area contributed by atoms with Crippen molar-refractivity contribution in [1.82, 2.24) is 19.2 Å². The van der Waals surface area contributed by atoms with Crippen LogP contribution >= 0.6 is 0 Å². The van der Waals surface area contributed by atoms with Crippen molar-refractivity contribution in [3.63, 3.8) is 0 Å². The number of ether oxygens (including phenoxy) is 1. The minimum atomic E-state index is -5.08. The summed E-state index contributed by atoms with van der Waals surface area (Å²) < 4.78 is 38.9. The van der Waals surface area contributed by atoms with E-state index in [4.69, 9.17) is 14.6 Å². The number of imidazole rings is 1. The highest BCUT2D eigenvalue weighted by Gasteiger charge is 2.49. The Hall–Kier alpha value is -2.66. The number of aliphatic carboxylic acids is 1. The molecule has 0 saturated carbocycles. The third-order valence-corrected chi connectivity index (χ3v) is 5.68. The average molecular weight is 442 g/mol. The fraction of sp³-hybridized carbons (Fsp3) is 0.550. The number of carbonyl (C=O) groups is 2. The van der Waals surface area contributed by atoms with Crippen molar-refractivity contribution in [3.8, 4) is 0 Å². The third kappa shape index (κ3) is 4.99. The number of methoxy groups -OCH3 is 1. The highest BCUT2D eigenvalue weighted by Crippen LogP contribution is 2.40. The van der Waals surface area contributed by atoms with Crippen molar-refractivity contribution < 1.29 is 32.6 Å². The predicted molar refractivity (Wildman–Crippen MR) is 105 cm³/mol. The summed E-state index contributed by atoms with van der Waals surface area (Å²) in [6.07, 6.45) is -1.96. The number of carboxylic acids is 1. The number of aryl methyl sites for hydroxylation is 1. The Morgan fingerprint density at radius 1 is 1.26 bits per heavy atom. The highest BCUT2D eigenvalue weighted by atomic mass is 19.4. The number of pyridine rings is 1. The number of rotatable bonds is 4. The maximum absolute atomic E-state index is 12.8. The number of amides is 1. The van der Waals surface area contributed by atoms with Crippen molar-refractivity contribution in [3.05, 3.63) is 35.8 Å². The van der Waals surface area contributed by atoms with Gasteiger partial charge in [0, 0.05) is 44.9 Å². The molecule has 1 spiro atoms. The van der Waals surface area contributed by atoms with Gasteiger partial charge in [-0.05, 0) is 32.0 Å². The highest BCUT2D eigenvalue weighted by molar-refractivity contribution is 5.95. The zero-order valence-electron chi connectivity index (χ0n) is 17.4. The lowest BCUT2D eigenvalue weighted by Gasteiger charge is -2.48. The van der Waals surface area contributed by atoms with E-state index in [2.05, 4.69) is 9.88 Å². The lowest BCUT2D eigenvalue weighted by molar-refractivity contribution is -0.192. The normalized spacial score (nSPS) is 18.0. The van der Waals surface area contributed by atoms with Gasteiger partial charge in [0.15, 0.2) is 0 Å². The van der Waals surface area contributed by atoms with E-state index in [-0.39, 0.29) is 11.3 Å². The van der Waals surface area contributed by atoms with E-state index >= 15 is 0 Å². The molecule has 2 fully saturated rings. The van der Waals surface area contributed by atoms with E-state index in [1.807, 2.05) is 40.6 Å². The largest absolute Gasteiger partial charge is 0.490 e. The Labute approximate surface area is 177 Å². The quantitative estimate of drug-likeness (QED) is 0.780. The number of fused-ring (bicyclic) bond motifs is 1. The van der Waals surface area contributed by atoms with E-state index in [1.54, 1.807) is 7.11 Å². The molecule has 2 aliphatic heterocycles. The van der Waals surface area contributed by atoms with Crippen LogP contribution in [-0.2, 0) is 9.53 Å². The molecule has 0 atom stereocenters. The average Bonchev–Trinajstić information content (AvgIpc) is 3.27. The van der Waals surface area contributed by atoms with Gasteiger partial charge in [-0.15, -0.1) is 0 Å². The van der Waals surface area contributed by atoms with Crippen LogP contribution in [0.25, 0.3) is 5.65 Å². The minimum Gasteiger partial charge on any atom is -0.475 e. The van der Waals surface area contributed by atoms with Crippen LogP contribution in [0.2, 0.25) is 0 Å². The summed E-state index contributed by atoms with van der Waals surface area (Å²) in [6, 6.07) is 5.84. The maximum Gasteiger partial charge on any atom is 0.490 e. The smallest absolute Gasteiger partial charge is 0.475 e. The van der Waals surface area contributed by atoms with E-state index in [1.165, 1.54) is 6.42 Å². The van der Waals surface area contributed by atoms with Gasteiger partial charge in [-0.1, -0.05) is 6.07 Å². The second kappa shape index (κ2) is 8.83. The van der Waals surface area contributed by atoms with Gasteiger partial charge in [0.2, 0.25) is 0 Å². The summed E-state index contributed by atoms with van der Waals surface area (Å²) in [4.78, 5) is 30.7. The van der Waals surface area contributed by atoms with Gasteiger partial charge in [0.05, 0.1) is 12.3 Å². The molecule has 4 rings (SSSR count). The zero-order chi connectivity index (χ0) is 22.8. The van der Waals surface area contributed by atoms with Crippen LogP contribution in [0.5, 0.6) is 0 Å². The summed E-state index contributed by atoms with van der Waals surface area (Å²) in [5.41, 5.74) is 2.63. The van der Waals surface area contributed by atoms with Crippen LogP contribution in [0, 0.1) is 12.3 Å². The number of likely N-dealkylation sites (tertiary alicyclic amines) is 2. The first kappa shape index (κ1) is 23.0. The van der Waals surface area contributed by atoms with Crippen LogP contribution in [0.15, 0.2) is 24.4 Å². The summed E-state index contributed by atoms with van der Waals surface area (Å²) in [7, 11) is 1.74. The van der Waals surface area contributed by atoms with Crippen molar-refractivity contribution in [2.45, 2.75) is 19.5 Å². The maximum atomic E-state index is 12.8. The first-order valence-corrected chi connectivity index (χ1v) is 9.81. The number of carboxylic acid groups (broad SMARTS) is 1. The van der Waals surface area contributed by atoms with Gasteiger partial charge >= 0.3 is 12.1 Å². The molecular formula is C20H25F3N4O4. The lowest BCUT2D eigenvalue weighted by atomic mass is 9.79. The van der Waals surface area contributed by atoms with Gasteiger partial charge < -0.3 is 24.0 Å². The molecule has 11 heteroatoms. The van der Waals surface area contributed by atoms with E-state index < -0.39 is 12.1 Å². The van der Waals surface area contributed by atoms with E-state index in [9.17, 15) is 18.0 Å². The molecule has 2 aliphatic rings. The Balaban J connectivity index is 0.000000339. The summed E-state index contributed by atoms with van der Waals surface area (Å²) in [6.45, 7) is 7.61. The Bertz CT molecular complexity index is 954. The second-order valence-electron chi connectivity index (χ2n) is 7.96. The molecule has 8 nitrogen and oxygen atoms in total. The predicted octanol–water partition coefficient (Wildman–Crippen LogP) is 2.07. The molecule has 1 N–H and O–H groups in total. The van der Waals surface area contributed by atoms with Crippen molar-refractivity contribution in [2.24, 2.45) is 5.41 Å². The Kier molecular flexibility index (Phi) is 6.56. The second-order valence-corrected chi connectivity index (χ2v) is 7.96. The first-order chi connectivity index (χ1) is 14.6. The van der Waals surface area contributed by atoms with Gasteiger partial charge in [-0.3, -0.25) is 4.79 Å².